The Labute approximate surface area is 145 Å². The van der Waals surface area contributed by atoms with Gasteiger partial charge in [0.1, 0.15) is 12.7 Å². The lowest BCUT2D eigenvalue weighted by Crippen LogP contribution is -2.19. The normalized spacial score (nSPS) is 16.1. The van der Waals surface area contributed by atoms with Gasteiger partial charge in [0, 0.05) is 20.3 Å². The van der Waals surface area contributed by atoms with E-state index < -0.39 is 11.7 Å². The fourth-order valence-electron chi connectivity index (χ4n) is 2.04. The topological polar surface area (TPSA) is 72.8 Å². The maximum atomic E-state index is 11.3. The van der Waals surface area contributed by atoms with Crippen LogP contribution in [0.2, 0.25) is 0 Å². The predicted octanol–water partition coefficient (Wildman–Crippen LogP) is 3.48. The van der Waals surface area contributed by atoms with E-state index in [1.165, 1.54) is 19.9 Å². The van der Waals surface area contributed by atoms with Gasteiger partial charge in [-0.25, -0.2) is 0 Å². The molecule has 0 fully saturated rings. The number of carbonyl (C=O) groups excluding carboxylic acids is 2. The number of aliphatic hydroxyl groups is 1. The average molecular weight is 338 g/mol. The summed E-state index contributed by atoms with van der Waals surface area (Å²) >= 11 is 0. The summed E-state index contributed by atoms with van der Waals surface area (Å²) in [5.41, 5.74) is 0.989. The van der Waals surface area contributed by atoms with E-state index in [2.05, 4.69) is 6.58 Å². The molecule has 0 radical (unpaired) electrons. The van der Waals surface area contributed by atoms with Crippen LogP contribution in [0.1, 0.15) is 53.9 Å². The molecule has 0 aliphatic heterocycles. The minimum Gasteiger partial charge on any atom is -0.461 e. The van der Waals surface area contributed by atoms with Gasteiger partial charge in [0.25, 0.3) is 0 Å². The van der Waals surface area contributed by atoms with Crippen molar-refractivity contribution in [2.24, 2.45) is 0 Å². The van der Waals surface area contributed by atoms with E-state index in [1.54, 1.807) is 13.0 Å². The molecular weight excluding hydrogens is 308 g/mol. The van der Waals surface area contributed by atoms with Crippen LogP contribution in [-0.2, 0) is 19.1 Å². The molecule has 0 bridgehead atoms. The molecule has 0 aromatic carbocycles. The Morgan fingerprint density at radius 2 is 1.79 bits per heavy atom. The Hall–Kier alpha value is -1.88. The summed E-state index contributed by atoms with van der Waals surface area (Å²) in [7, 11) is 0. The molecule has 0 aliphatic carbocycles. The molecule has 5 heteroatoms. The fourth-order valence-corrected chi connectivity index (χ4v) is 2.04. The van der Waals surface area contributed by atoms with Crippen LogP contribution in [0.5, 0.6) is 0 Å². The van der Waals surface area contributed by atoms with E-state index in [4.69, 9.17) is 9.47 Å². The Kier molecular flexibility index (Phi) is 9.97. The van der Waals surface area contributed by atoms with Gasteiger partial charge in [-0.3, -0.25) is 9.59 Å². The van der Waals surface area contributed by atoms with Crippen LogP contribution in [0, 0.1) is 0 Å². The average Bonchev–Trinajstić information content (AvgIpc) is 2.44. The SMILES string of the molecule is C=C[C@](C)(O)CC/C=C(\C)C[C@@H](/C=C(/C)COC(C)=O)OC(C)=O. The Balaban J connectivity index is 4.76. The summed E-state index contributed by atoms with van der Waals surface area (Å²) in [5.74, 6) is -0.712. The molecular formula is C19H30O5. The van der Waals surface area contributed by atoms with Crippen LogP contribution in [-0.4, -0.2) is 35.4 Å². The largest absolute Gasteiger partial charge is 0.461 e. The van der Waals surface area contributed by atoms with E-state index in [0.717, 1.165) is 11.1 Å². The van der Waals surface area contributed by atoms with Crippen LogP contribution in [0.25, 0.3) is 0 Å². The molecule has 5 nitrogen and oxygen atoms in total. The Morgan fingerprint density at radius 1 is 1.17 bits per heavy atom. The summed E-state index contributed by atoms with van der Waals surface area (Å²) in [6.07, 6.45) is 6.76. The van der Waals surface area contributed by atoms with Crippen molar-refractivity contribution < 1.29 is 24.2 Å². The van der Waals surface area contributed by atoms with Crippen molar-refractivity contribution in [2.45, 2.75) is 65.6 Å². The first-order chi connectivity index (χ1) is 11.1. The molecule has 136 valence electrons. The second-order valence-electron chi connectivity index (χ2n) is 6.30. The minimum atomic E-state index is -0.882. The first kappa shape index (κ1) is 22.1. The zero-order valence-electron chi connectivity index (χ0n) is 15.4. The zero-order valence-corrected chi connectivity index (χ0v) is 15.4. The van der Waals surface area contributed by atoms with Gasteiger partial charge in [0.05, 0.1) is 5.60 Å². The molecule has 0 saturated carbocycles. The Morgan fingerprint density at radius 3 is 2.29 bits per heavy atom. The van der Waals surface area contributed by atoms with Crippen LogP contribution in [0.3, 0.4) is 0 Å². The van der Waals surface area contributed by atoms with Gasteiger partial charge >= 0.3 is 11.9 Å². The van der Waals surface area contributed by atoms with Gasteiger partial charge < -0.3 is 14.6 Å². The predicted molar refractivity (Wildman–Crippen MR) is 94.4 cm³/mol. The monoisotopic (exact) mass is 338 g/mol. The quantitative estimate of drug-likeness (QED) is 0.488. The first-order valence-electron chi connectivity index (χ1n) is 8.05. The molecule has 0 heterocycles. The molecule has 0 aliphatic rings. The van der Waals surface area contributed by atoms with E-state index in [9.17, 15) is 14.7 Å². The van der Waals surface area contributed by atoms with Gasteiger partial charge in [-0.1, -0.05) is 17.7 Å². The third-order valence-corrected chi connectivity index (χ3v) is 3.40. The van der Waals surface area contributed by atoms with Gasteiger partial charge in [-0.05, 0) is 45.3 Å². The number of hydrogen-bond donors (Lipinski definition) is 1. The molecule has 0 spiro atoms. The number of rotatable bonds is 10. The number of allylic oxidation sites excluding steroid dienone is 1. The van der Waals surface area contributed by atoms with Gasteiger partial charge in [-0.15, -0.1) is 6.58 Å². The van der Waals surface area contributed by atoms with Crippen molar-refractivity contribution in [1.82, 2.24) is 0 Å². The molecule has 1 N–H and O–H groups in total. The van der Waals surface area contributed by atoms with Crippen molar-refractivity contribution in [2.75, 3.05) is 6.61 Å². The fraction of sp³-hybridized carbons (Fsp3) is 0.579. The summed E-state index contributed by atoms with van der Waals surface area (Å²) in [4.78, 5) is 22.1. The van der Waals surface area contributed by atoms with Crippen molar-refractivity contribution in [1.29, 1.82) is 0 Å². The number of ether oxygens (including phenoxy) is 2. The molecule has 0 unspecified atom stereocenters. The smallest absolute Gasteiger partial charge is 0.303 e. The third-order valence-electron chi connectivity index (χ3n) is 3.40. The van der Waals surface area contributed by atoms with E-state index in [0.29, 0.717) is 19.3 Å². The highest BCUT2D eigenvalue weighted by Crippen LogP contribution is 2.17. The summed E-state index contributed by atoms with van der Waals surface area (Å²) in [5, 5.41) is 9.89. The highest BCUT2D eigenvalue weighted by atomic mass is 16.5. The summed E-state index contributed by atoms with van der Waals surface area (Å²) in [6.45, 7) is 12.0. The van der Waals surface area contributed by atoms with Crippen molar-refractivity contribution in [3.8, 4) is 0 Å². The van der Waals surface area contributed by atoms with E-state index in [-0.39, 0.29) is 18.5 Å². The van der Waals surface area contributed by atoms with E-state index >= 15 is 0 Å². The maximum Gasteiger partial charge on any atom is 0.303 e. The lowest BCUT2D eigenvalue weighted by molar-refractivity contribution is -0.144. The van der Waals surface area contributed by atoms with Gasteiger partial charge in [0.2, 0.25) is 0 Å². The second kappa shape index (κ2) is 10.8. The summed E-state index contributed by atoms with van der Waals surface area (Å²) in [6, 6.07) is 0. The van der Waals surface area contributed by atoms with E-state index in [1.807, 2.05) is 19.9 Å². The molecule has 0 amide bonds. The number of hydrogen-bond acceptors (Lipinski definition) is 5. The first-order valence-corrected chi connectivity index (χ1v) is 8.05. The van der Waals surface area contributed by atoms with Crippen LogP contribution >= 0.6 is 0 Å². The Bertz CT molecular complexity index is 500. The van der Waals surface area contributed by atoms with Gasteiger partial charge in [-0.2, -0.15) is 0 Å². The molecule has 2 atom stereocenters. The van der Waals surface area contributed by atoms with Crippen LogP contribution < -0.4 is 0 Å². The molecule has 0 saturated heterocycles. The van der Waals surface area contributed by atoms with Crippen LogP contribution in [0.4, 0.5) is 0 Å². The molecule has 0 rings (SSSR count). The van der Waals surface area contributed by atoms with Crippen molar-refractivity contribution in [3.05, 3.63) is 36.0 Å². The zero-order chi connectivity index (χ0) is 18.8. The van der Waals surface area contributed by atoms with Crippen molar-refractivity contribution >= 4 is 11.9 Å². The third kappa shape index (κ3) is 11.7. The lowest BCUT2D eigenvalue weighted by atomic mass is 9.98. The second-order valence-corrected chi connectivity index (χ2v) is 6.30. The number of esters is 2. The molecule has 24 heavy (non-hydrogen) atoms. The minimum absolute atomic E-state index is 0.179. The molecule has 0 aromatic rings. The lowest BCUT2D eigenvalue weighted by Gasteiger charge is -2.18. The van der Waals surface area contributed by atoms with Crippen molar-refractivity contribution in [3.63, 3.8) is 0 Å². The highest BCUT2D eigenvalue weighted by Gasteiger charge is 2.14. The molecule has 0 aromatic heterocycles. The highest BCUT2D eigenvalue weighted by molar-refractivity contribution is 5.66. The maximum absolute atomic E-state index is 11.3. The van der Waals surface area contributed by atoms with Gasteiger partial charge in [0.15, 0.2) is 0 Å². The standard InChI is InChI=1S/C19H30O5/c1-7-19(6,22)10-8-9-14(2)11-18(24-17(5)21)12-15(3)13-23-16(4)20/h7,9,12,18,22H,1,8,10-11,13H2,2-6H3/b14-9+,15-12-/t18-,19-/m0/s1. The summed E-state index contributed by atoms with van der Waals surface area (Å²) < 4.78 is 10.2. The number of carbonyl (C=O) groups is 2. The van der Waals surface area contributed by atoms with Crippen LogP contribution in [0.15, 0.2) is 36.0 Å².